The smallest absolute Gasteiger partial charge is 0.452 e. The highest BCUT2D eigenvalue weighted by molar-refractivity contribution is 6.07. The normalized spacial score (nSPS) is 17.1. The van der Waals surface area contributed by atoms with Crippen molar-refractivity contribution in [2.45, 2.75) is 50.2 Å². The molecule has 1 aliphatic rings. The Bertz CT molecular complexity index is 1520. The second-order valence-electron chi connectivity index (χ2n) is 9.77. The van der Waals surface area contributed by atoms with Crippen molar-refractivity contribution < 1.29 is 61.4 Å². The molecule has 0 radical (unpaired) electrons. The van der Waals surface area contributed by atoms with Crippen molar-refractivity contribution in [3.63, 3.8) is 0 Å². The van der Waals surface area contributed by atoms with E-state index >= 15 is 4.39 Å². The third kappa shape index (κ3) is 8.53. The zero-order chi connectivity index (χ0) is 32.2. The highest BCUT2D eigenvalue weighted by atomic mass is 19.4. The summed E-state index contributed by atoms with van der Waals surface area (Å²) in [5, 5.41) is 30.5. The number of nitrogens with one attached hydrogen (secondary N) is 1. The number of nitrogens with two attached hydrogens (primary N) is 1. The minimum Gasteiger partial charge on any atom is -0.452 e. The molecule has 1 aliphatic carbocycles. The quantitative estimate of drug-likeness (QED) is 0.164. The Morgan fingerprint density at radius 3 is 2.27 bits per heavy atom. The number of alkyl halides is 3. The van der Waals surface area contributed by atoms with Gasteiger partial charge in [0, 0.05) is 25.1 Å². The number of methoxy groups -OCH3 is 1. The van der Waals surface area contributed by atoms with Crippen LogP contribution in [0.1, 0.15) is 58.0 Å². The fourth-order valence-corrected chi connectivity index (χ4v) is 4.72. The van der Waals surface area contributed by atoms with E-state index in [1.165, 1.54) is 18.3 Å². The molecule has 6 N–H and O–H groups in total. The monoisotopic (exact) mass is 625 g/mol. The summed E-state index contributed by atoms with van der Waals surface area (Å²) in [5.41, 5.74) is 4.83. The van der Waals surface area contributed by atoms with Crippen LogP contribution < -0.4 is 25.3 Å². The van der Waals surface area contributed by atoms with E-state index in [0.29, 0.717) is 37.3 Å². The standard InChI is InChI=1S/C28H27F4N3O9/c1-41-17-4-2-14(3-5-17)15-10-19(29)24(26(37)35-16-8-9-34-20(12-16)25(33)36)23(11-15)42-21-7-6-18(43-27(30,31)32)13-22(21)44-28(38,39)40/h6-14,17,38-40H,2-5H2,1H3,(H2,33,36)(H,34,35,37). The SMILES string of the molecule is COC1CCC(c2cc(F)c(C(=O)Nc3ccnc(C(N)=O)c3)c(Oc3ccc(OC(F)(F)F)cc3OC(O)(O)O)c2)CC1. The van der Waals surface area contributed by atoms with Crippen molar-refractivity contribution in [3.8, 4) is 23.0 Å². The van der Waals surface area contributed by atoms with E-state index in [9.17, 15) is 38.1 Å². The average Bonchev–Trinajstić information content (AvgIpc) is 2.92. The molecular weight excluding hydrogens is 598 g/mol. The van der Waals surface area contributed by atoms with Crippen molar-refractivity contribution >= 4 is 17.5 Å². The third-order valence-corrected chi connectivity index (χ3v) is 6.67. The molecule has 4 rings (SSSR count). The van der Waals surface area contributed by atoms with E-state index in [2.05, 4.69) is 19.8 Å². The van der Waals surface area contributed by atoms with Gasteiger partial charge in [-0.2, -0.15) is 0 Å². The number of ether oxygens (including phenoxy) is 4. The van der Waals surface area contributed by atoms with Crippen LogP contribution in [0.15, 0.2) is 48.7 Å². The number of anilines is 1. The highest BCUT2D eigenvalue weighted by Crippen LogP contribution is 2.42. The maximum Gasteiger partial charge on any atom is 0.573 e. The van der Waals surface area contributed by atoms with E-state index in [0.717, 1.165) is 24.3 Å². The topological polar surface area (TPSA) is 183 Å². The number of pyridine rings is 1. The van der Waals surface area contributed by atoms with Crippen molar-refractivity contribution in [2.24, 2.45) is 5.73 Å². The summed E-state index contributed by atoms with van der Waals surface area (Å²) in [5.74, 6) is -5.92. The Labute approximate surface area is 246 Å². The van der Waals surface area contributed by atoms with Crippen LogP contribution in [0.25, 0.3) is 0 Å². The fourth-order valence-electron chi connectivity index (χ4n) is 4.72. The molecule has 236 valence electrons. The molecule has 0 atom stereocenters. The summed E-state index contributed by atoms with van der Waals surface area (Å²) >= 11 is 0. The van der Waals surface area contributed by atoms with E-state index in [4.69, 9.17) is 15.2 Å². The van der Waals surface area contributed by atoms with Crippen LogP contribution in [0.3, 0.4) is 0 Å². The first kappa shape index (κ1) is 32.4. The molecule has 1 aromatic heterocycles. The van der Waals surface area contributed by atoms with Gasteiger partial charge in [0.2, 0.25) is 0 Å². The van der Waals surface area contributed by atoms with Gasteiger partial charge in [-0.25, -0.2) is 4.39 Å². The zero-order valence-corrected chi connectivity index (χ0v) is 22.9. The molecule has 16 heteroatoms. The first-order valence-electron chi connectivity index (χ1n) is 13.0. The minimum atomic E-state index is -5.14. The summed E-state index contributed by atoms with van der Waals surface area (Å²) in [6.45, 7) is 0. The maximum atomic E-state index is 15.7. The maximum absolute atomic E-state index is 15.7. The molecule has 0 spiro atoms. The van der Waals surface area contributed by atoms with Crippen molar-refractivity contribution in [2.75, 3.05) is 12.4 Å². The van der Waals surface area contributed by atoms with Crippen LogP contribution in [0, 0.1) is 5.82 Å². The molecular formula is C28H27F4N3O9. The predicted octanol–water partition coefficient (Wildman–Crippen LogP) is 3.90. The number of amides is 2. The highest BCUT2D eigenvalue weighted by Gasteiger charge is 2.33. The van der Waals surface area contributed by atoms with Crippen molar-refractivity contribution in [1.29, 1.82) is 0 Å². The Balaban J connectivity index is 1.77. The molecule has 1 saturated carbocycles. The van der Waals surface area contributed by atoms with Crippen LogP contribution in [0.2, 0.25) is 0 Å². The van der Waals surface area contributed by atoms with E-state index in [1.807, 2.05) is 0 Å². The average molecular weight is 626 g/mol. The molecule has 1 heterocycles. The lowest BCUT2D eigenvalue weighted by Gasteiger charge is -2.28. The van der Waals surface area contributed by atoms with Gasteiger partial charge in [-0.3, -0.25) is 14.6 Å². The zero-order valence-electron chi connectivity index (χ0n) is 22.9. The van der Waals surface area contributed by atoms with Gasteiger partial charge in [-0.1, -0.05) is 0 Å². The second-order valence-corrected chi connectivity index (χ2v) is 9.77. The van der Waals surface area contributed by atoms with Crippen LogP contribution >= 0.6 is 0 Å². The number of hydrogen-bond donors (Lipinski definition) is 5. The first-order valence-corrected chi connectivity index (χ1v) is 13.0. The van der Waals surface area contributed by atoms with E-state index in [-0.39, 0.29) is 23.4 Å². The van der Waals surface area contributed by atoms with Crippen LogP contribution in [-0.2, 0) is 4.74 Å². The minimum absolute atomic E-state index is 0.0226. The Hall–Kier alpha value is -4.51. The number of nitrogens with zero attached hydrogens (tertiary/aromatic N) is 1. The molecule has 44 heavy (non-hydrogen) atoms. The number of halogens is 4. The van der Waals surface area contributed by atoms with E-state index < -0.39 is 58.7 Å². The van der Waals surface area contributed by atoms with Gasteiger partial charge >= 0.3 is 12.5 Å². The van der Waals surface area contributed by atoms with Gasteiger partial charge in [0.05, 0.1) is 6.10 Å². The van der Waals surface area contributed by atoms with Gasteiger partial charge < -0.3 is 45.3 Å². The number of carbonyl (C=O) groups is 2. The Kier molecular flexibility index (Phi) is 9.58. The first-order chi connectivity index (χ1) is 20.6. The van der Waals surface area contributed by atoms with Gasteiger partial charge in [0.1, 0.15) is 28.6 Å². The van der Waals surface area contributed by atoms with Gasteiger partial charge in [-0.15, -0.1) is 13.2 Å². The number of carbonyl (C=O) groups excluding carboxylic acids is 2. The van der Waals surface area contributed by atoms with Crippen LogP contribution in [0.5, 0.6) is 23.0 Å². The second kappa shape index (κ2) is 13.0. The number of primary amides is 1. The molecule has 3 aromatic rings. The predicted molar refractivity (Wildman–Crippen MR) is 142 cm³/mol. The molecule has 0 aliphatic heterocycles. The fraction of sp³-hybridized carbons (Fsp3) is 0.321. The number of rotatable bonds is 10. The number of benzene rings is 2. The number of aromatic nitrogens is 1. The summed E-state index contributed by atoms with van der Waals surface area (Å²) in [6, 6.07) is 7.10. The van der Waals surface area contributed by atoms with Gasteiger partial charge in [-0.05, 0) is 73.6 Å². The van der Waals surface area contributed by atoms with Crippen molar-refractivity contribution in [3.05, 3.63) is 71.3 Å². The number of hydrogen-bond acceptors (Lipinski definition) is 10. The van der Waals surface area contributed by atoms with Gasteiger partial charge in [0.15, 0.2) is 11.5 Å². The lowest BCUT2D eigenvalue weighted by Crippen LogP contribution is -2.34. The molecule has 2 aromatic carbocycles. The summed E-state index contributed by atoms with van der Waals surface area (Å²) in [6.07, 6.45) is -5.24. The Morgan fingerprint density at radius 2 is 1.66 bits per heavy atom. The van der Waals surface area contributed by atoms with Crippen LogP contribution in [0.4, 0.5) is 23.2 Å². The third-order valence-electron chi connectivity index (χ3n) is 6.67. The molecule has 12 nitrogen and oxygen atoms in total. The van der Waals surface area contributed by atoms with Gasteiger partial charge in [0.25, 0.3) is 11.8 Å². The molecule has 2 amide bonds. The molecule has 0 saturated heterocycles. The summed E-state index contributed by atoms with van der Waals surface area (Å²) in [4.78, 5) is 28.6. The Morgan fingerprint density at radius 1 is 0.955 bits per heavy atom. The largest absolute Gasteiger partial charge is 0.573 e. The van der Waals surface area contributed by atoms with E-state index in [1.54, 1.807) is 7.11 Å². The van der Waals surface area contributed by atoms with Crippen molar-refractivity contribution in [1.82, 2.24) is 4.98 Å². The summed E-state index contributed by atoms with van der Waals surface area (Å²) < 4.78 is 73.6. The molecule has 0 bridgehead atoms. The lowest BCUT2D eigenvalue weighted by molar-refractivity contribution is -0.419. The number of aliphatic hydroxyl groups is 3. The molecule has 1 fully saturated rings. The lowest BCUT2D eigenvalue weighted by atomic mass is 9.82. The van der Waals surface area contributed by atoms with Crippen LogP contribution in [-0.4, -0.2) is 57.9 Å². The molecule has 0 unspecified atom stereocenters. The summed E-state index contributed by atoms with van der Waals surface area (Å²) in [7, 11) is 1.59.